The van der Waals surface area contributed by atoms with Crippen molar-refractivity contribution in [1.29, 1.82) is 0 Å². The Morgan fingerprint density at radius 1 is 1.24 bits per heavy atom. The van der Waals surface area contributed by atoms with Crippen LogP contribution in [0.15, 0.2) is 42.5 Å². The second-order valence-corrected chi connectivity index (χ2v) is 6.10. The Hall–Kier alpha value is -1.27. The third-order valence-corrected chi connectivity index (χ3v) is 4.21. The maximum Gasteiger partial charge on any atom is 0.309 e. The van der Waals surface area contributed by atoms with E-state index in [9.17, 15) is 4.79 Å². The number of hydrogen-bond donors (Lipinski definition) is 1. The van der Waals surface area contributed by atoms with Gasteiger partial charge in [0, 0.05) is 20.8 Å². The second kappa shape index (κ2) is 7.66. The van der Waals surface area contributed by atoms with Crippen molar-refractivity contribution in [1.82, 2.24) is 0 Å². The highest BCUT2D eigenvalue weighted by molar-refractivity contribution is 14.1. The Morgan fingerprint density at radius 3 is 2.62 bits per heavy atom. The molecular formula is C16H15ClINO2. The van der Waals surface area contributed by atoms with Gasteiger partial charge in [-0.15, -0.1) is 0 Å². The molecule has 5 heteroatoms. The Kier molecular flexibility index (Phi) is 5.87. The van der Waals surface area contributed by atoms with Crippen molar-refractivity contribution in [3.05, 3.63) is 62.2 Å². The molecule has 2 rings (SSSR count). The Morgan fingerprint density at radius 2 is 1.95 bits per heavy atom. The largest absolute Gasteiger partial charge is 0.469 e. The molecule has 0 bridgehead atoms. The Balaban J connectivity index is 2.11. The molecule has 0 saturated carbocycles. The van der Waals surface area contributed by atoms with Gasteiger partial charge in [0.25, 0.3) is 0 Å². The summed E-state index contributed by atoms with van der Waals surface area (Å²) in [6.45, 7) is 0.644. The van der Waals surface area contributed by atoms with Crippen LogP contribution in [0.4, 0.5) is 5.69 Å². The summed E-state index contributed by atoms with van der Waals surface area (Å²) in [5, 5.41) is 4.09. The Bertz CT molecular complexity index is 646. The van der Waals surface area contributed by atoms with Gasteiger partial charge in [-0.25, -0.2) is 0 Å². The zero-order chi connectivity index (χ0) is 15.2. The molecule has 0 fully saturated rings. The highest BCUT2D eigenvalue weighted by Gasteiger charge is 2.08. The predicted molar refractivity (Wildman–Crippen MR) is 93.7 cm³/mol. The summed E-state index contributed by atoms with van der Waals surface area (Å²) < 4.78 is 5.79. The lowest BCUT2D eigenvalue weighted by molar-refractivity contribution is -0.139. The summed E-state index contributed by atoms with van der Waals surface area (Å²) in [5.41, 5.74) is 3.07. The van der Waals surface area contributed by atoms with Gasteiger partial charge in [0.2, 0.25) is 0 Å². The van der Waals surface area contributed by atoms with Crippen molar-refractivity contribution in [3.63, 3.8) is 0 Å². The lowest BCUT2D eigenvalue weighted by Gasteiger charge is -2.12. The topological polar surface area (TPSA) is 38.3 Å². The number of nitrogens with one attached hydrogen (secondary N) is 1. The molecule has 21 heavy (non-hydrogen) atoms. The normalized spacial score (nSPS) is 10.2. The number of ether oxygens (including phenoxy) is 1. The molecule has 0 spiro atoms. The number of rotatable bonds is 5. The summed E-state index contributed by atoms with van der Waals surface area (Å²) in [7, 11) is 1.40. The summed E-state index contributed by atoms with van der Waals surface area (Å²) in [4.78, 5) is 11.4. The van der Waals surface area contributed by atoms with Crippen LogP contribution in [-0.2, 0) is 22.5 Å². The number of carbonyl (C=O) groups is 1. The van der Waals surface area contributed by atoms with Gasteiger partial charge in [-0.05, 0) is 51.9 Å². The first-order chi connectivity index (χ1) is 10.1. The van der Waals surface area contributed by atoms with Crippen LogP contribution in [0.5, 0.6) is 0 Å². The molecule has 0 saturated heterocycles. The molecule has 0 aliphatic carbocycles. The third-order valence-electron chi connectivity index (χ3n) is 3.08. The minimum atomic E-state index is -0.233. The van der Waals surface area contributed by atoms with E-state index >= 15 is 0 Å². The van der Waals surface area contributed by atoms with Crippen LogP contribution >= 0.6 is 34.2 Å². The quantitative estimate of drug-likeness (QED) is 0.585. The molecule has 0 aromatic heterocycles. The number of hydrogen-bond acceptors (Lipinski definition) is 3. The first-order valence-corrected chi connectivity index (χ1v) is 7.88. The van der Waals surface area contributed by atoms with E-state index in [1.54, 1.807) is 0 Å². The van der Waals surface area contributed by atoms with Gasteiger partial charge < -0.3 is 10.1 Å². The standard InChI is InChI=1S/C16H15ClINO2/c1-21-16(20)8-11-4-2-3-5-12(11)10-19-15-7-6-13(17)9-14(15)18/h2-7,9,19H,8,10H2,1H3. The van der Waals surface area contributed by atoms with Crippen LogP contribution in [0.1, 0.15) is 11.1 Å². The zero-order valence-corrected chi connectivity index (χ0v) is 14.4. The average molecular weight is 416 g/mol. The minimum absolute atomic E-state index is 0.233. The fourth-order valence-electron chi connectivity index (χ4n) is 1.95. The van der Waals surface area contributed by atoms with E-state index in [1.807, 2.05) is 42.5 Å². The van der Waals surface area contributed by atoms with Crippen LogP contribution in [0.2, 0.25) is 5.02 Å². The van der Waals surface area contributed by atoms with Gasteiger partial charge in [-0.1, -0.05) is 35.9 Å². The Labute approximate surface area is 142 Å². The van der Waals surface area contributed by atoms with Crippen LogP contribution in [0.25, 0.3) is 0 Å². The minimum Gasteiger partial charge on any atom is -0.469 e. The first-order valence-electron chi connectivity index (χ1n) is 6.42. The third kappa shape index (κ3) is 4.61. The number of methoxy groups -OCH3 is 1. The maximum atomic E-state index is 11.4. The fraction of sp³-hybridized carbons (Fsp3) is 0.188. The van der Waals surface area contributed by atoms with Crippen LogP contribution < -0.4 is 5.32 Å². The number of carbonyl (C=O) groups excluding carboxylic acids is 1. The van der Waals surface area contributed by atoms with Crippen LogP contribution in [0.3, 0.4) is 0 Å². The predicted octanol–water partition coefficient (Wildman–Crippen LogP) is 4.27. The van der Waals surface area contributed by atoms with Gasteiger partial charge >= 0.3 is 5.97 Å². The molecule has 2 aromatic rings. The lowest BCUT2D eigenvalue weighted by atomic mass is 10.0. The number of esters is 1. The molecule has 1 N–H and O–H groups in total. The highest BCUT2D eigenvalue weighted by atomic mass is 127. The van der Waals surface area contributed by atoms with E-state index in [2.05, 4.69) is 27.9 Å². The van der Waals surface area contributed by atoms with Crippen LogP contribution in [0, 0.1) is 3.57 Å². The number of halogens is 2. The van der Waals surface area contributed by atoms with E-state index in [1.165, 1.54) is 7.11 Å². The second-order valence-electron chi connectivity index (χ2n) is 4.50. The van der Waals surface area contributed by atoms with Crippen molar-refractivity contribution >= 4 is 45.8 Å². The molecule has 2 aromatic carbocycles. The van der Waals surface area contributed by atoms with Crippen molar-refractivity contribution in [2.45, 2.75) is 13.0 Å². The average Bonchev–Trinajstić information content (AvgIpc) is 2.47. The highest BCUT2D eigenvalue weighted by Crippen LogP contribution is 2.23. The zero-order valence-electron chi connectivity index (χ0n) is 11.5. The van der Waals surface area contributed by atoms with Gasteiger partial charge in [0.05, 0.1) is 13.5 Å². The lowest BCUT2D eigenvalue weighted by Crippen LogP contribution is -2.09. The molecule has 0 unspecified atom stereocenters. The number of benzene rings is 2. The molecule has 3 nitrogen and oxygen atoms in total. The summed E-state index contributed by atoms with van der Waals surface area (Å²) in [6.07, 6.45) is 0.284. The molecule has 0 atom stereocenters. The molecule has 0 radical (unpaired) electrons. The van der Waals surface area contributed by atoms with Crippen molar-refractivity contribution < 1.29 is 9.53 Å². The van der Waals surface area contributed by atoms with Gasteiger partial charge in [-0.2, -0.15) is 0 Å². The molecule has 0 amide bonds. The van der Waals surface area contributed by atoms with Crippen molar-refractivity contribution in [3.8, 4) is 0 Å². The van der Waals surface area contributed by atoms with Crippen molar-refractivity contribution in [2.24, 2.45) is 0 Å². The van der Waals surface area contributed by atoms with E-state index in [-0.39, 0.29) is 12.4 Å². The number of anilines is 1. The van der Waals surface area contributed by atoms with Gasteiger partial charge in [-0.3, -0.25) is 4.79 Å². The summed E-state index contributed by atoms with van der Waals surface area (Å²) >= 11 is 8.19. The van der Waals surface area contributed by atoms with Crippen LogP contribution in [-0.4, -0.2) is 13.1 Å². The molecule has 110 valence electrons. The monoisotopic (exact) mass is 415 g/mol. The van der Waals surface area contributed by atoms with E-state index < -0.39 is 0 Å². The molecular weight excluding hydrogens is 401 g/mol. The fourth-order valence-corrected chi connectivity index (χ4v) is 3.02. The van der Waals surface area contributed by atoms with Crippen molar-refractivity contribution in [2.75, 3.05) is 12.4 Å². The molecule has 0 aliphatic heterocycles. The summed E-state index contributed by atoms with van der Waals surface area (Å²) in [5.74, 6) is -0.233. The molecule has 0 aliphatic rings. The summed E-state index contributed by atoms with van der Waals surface area (Å²) in [6, 6.07) is 13.6. The van der Waals surface area contributed by atoms with E-state index in [0.29, 0.717) is 6.54 Å². The maximum absolute atomic E-state index is 11.4. The van der Waals surface area contributed by atoms with Gasteiger partial charge in [0.1, 0.15) is 0 Å². The van der Waals surface area contributed by atoms with Gasteiger partial charge in [0.15, 0.2) is 0 Å². The van der Waals surface area contributed by atoms with E-state index in [0.717, 1.165) is 25.4 Å². The first kappa shape index (κ1) is 16.1. The smallest absolute Gasteiger partial charge is 0.309 e. The van der Waals surface area contributed by atoms with E-state index in [4.69, 9.17) is 16.3 Å². The molecule has 0 heterocycles. The SMILES string of the molecule is COC(=O)Cc1ccccc1CNc1ccc(Cl)cc1I.